The van der Waals surface area contributed by atoms with Gasteiger partial charge < -0.3 is 10.6 Å². The predicted octanol–water partition coefficient (Wildman–Crippen LogP) is 1.44. The van der Waals surface area contributed by atoms with Crippen LogP contribution >= 0.6 is 0 Å². The normalized spacial score (nSPS) is 16.8. The summed E-state index contributed by atoms with van der Waals surface area (Å²) in [5.74, 6) is 1.42. The van der Waals surface area contributed by atoms with E-state index in [4.69, 9.17) is 4.98 Å². The summed E-state index contributed by atoms with van der Waals surface area (Å²) in [5, 5.41) is 11.0. The number of hydrogen-bond acceptors (Lipinski definition) is 4. The van der Waals surface area contributed by atoms with E-state index in [1.54, 1.807) is 0 Å². The number of carbonyl (C=O) groups excluding carboxylic acids is 1. The molecule has 0 saturated heterocycles. The number of hydrogen-bond donors (Lipinski definition) is 2. The van der Waals surface area contributed by atoms with Gasteiger partial charge in [-0.05, 0) is 50.1 Å². The fraction of sp³-hybridized carbons (Fsp3) is 0.450. The summed E-state index contributed by atoms with van der Waals surface area (Å²) in [6.07, 6.45) is 11.4. The van der Waals surface area contributed by atoms with Crippen molar-refractivity contribution in [2.24, 2.45) is 5.92 Å². The number of fused-ring (bicyclic) bond motifs is 1. The zero-order valence-corrected chi connectivity index (χ0v) is 16.1. The Balaban J connectivity index is 1.49. The van der Waals surface area contributed by atoms with Crippen LogP contribution in [0.5, 0.6) is 0 Å². The Morgan fingerprint density at radius 2 is 2.22 bits per heavy atom. The number of aromatic nitrogens is 3. The van der Waals surface area contributed by atoms with Gasteiger partial charge in [-0.25, -0.2) is 4.98 Å². The predicted molar refractivity (Wildman–Crippen MR) is 111 cm³/mol. The highest BCUT2D eigenvalue weighted by atomic mass is 16.2. The van der Waals surface area contributed by atoms with Crippen LogP contribution in [-0.4, -0.2) is 41.4 Å². The lowest BCUT2D eigenvalue weighted by atomic mass is 9.96. The highest BCUT2D eigenvalue weighted by Crippen LogP contribution is 2.29. The van der Waals surface area contributed by atoms with Crippen molar-refractivity contribution in [3.8, 4) is 0 Å². The van der Waals surface area contributed by atoms with Gasteiger partial charge in [0.15, 0.2) is 5.65 Å². The summed E-state index contributed by atoms with van der Waals surface area (Å²) in [6, 6.07) is 2.08. The Labute approximate surface area is 160 Å². The summed E-state index contributed by atoms with van der Waals surface area (Å²) < 4.78 is 1.87. The van der Waals surface area contributed by atoms with Gasteiger partial charge >= 0.3 is 0 Å². The van der Waals surface area contributed by atoms with Gasteiger partial charge in [-0.15, -0.1) is 0 Å². The Hall–Kier alpha value is -2.57. The fourth-order valence-electron chi connectivity index (χ4n) is 3.42. The number of nitrogens with zero attached hydrogens (tertiary/aromatic N) is 3. The molecule has 7 heteroatoms. The molecule has 2 aliphatic rings. The molecule has 0 atom stereocenters. The average Bonchev–Trinajstić information content (AvgIpc) is 3.45. The van der Waals surface area contributed by atoms with Crippen LogP contribution in [0.2, 0.25) is 0 Å². The first-order valence-corrected chi connectivity index (χ1v) is 9.87. The third-order valence-electron chi connectivity index (χ3n) is 5.26. The zero-order valence-electron chi connectivity index (χ0n) is 16.1. The van der Waals surface area contributed by atoms with Gasteiger partial charge in [-0.1, -0.05) is 17.7 Å². The number of carbonyl (C=O) groups is 1. The lowest BCUT2D eigenvalue weighted by molar-refractivity contribution is -0.122. The van der Waals surface area contributed by atoms with Crippen LogP contribution in [0.4, 0.5) is 5.82 Å². The SMILES string of the molecule is Bc1cnn2c(NCCCNC(=O)C3CC3)cc(C3=C(C)CCC=C3)nc12. The van der Waals surface area contributed by atoms with E-state index in [9.17, 15) is 4.79 Å². The van der Waals surface area contributed by atoms with Gasteiger partial charge in [0.05, 0.1) is 5.69 Å². The van der Waals surface area contributed by atoms with Crippen molar-refractivity contribution >= 4 is 36.3 Å². The number of anilines is 1. The van der Waals surface area contributed by atoms with E-state index in [-0.39, 0.29) is 11.8 Å². The van der Waals surface area contributed by atoms with Gasteiger partial charge in [-0.3, -0.25) is 4.79 Å². The molecule has 0 radical (unpaired) electrons. The minimum absolute atomic E-state index is 0.206. The van der Waals surface area contributed by atoms with E-state index in [0.29, 0.717) is 6.54 Å². The number of nitrogens with one attached hydrogen (secondary N) is 2. The minimum Gasteiger partial charge on any atom is -0.370 e. The first-order chi connectivity index (χ1) is 13.1. The third-order valence-corrected chi connectivity index (χ3v) is 5.26. The summed E-state index contributed by atoms with van der Waals surface area (Å²) >= 11 is 0. The van der Waals surface area contributed by atoms with Gasteiger partial charge in [0, 0.05) is 31.3 Å². The van der Waals surface area contributed by atoms with E-state index in [1.165, 1.54) is 11.1 Å². The Bertz CT molecular complexity index is 926. The highest BCUT2D eigenvalue weighted by molar-refractivity contribution is 6.36. The second kappa shape index (κ2) is 7.58. The number of allylic oxidation sites excluding steroid dienone is 4. The molecule has 0 spiro atoms. The summed E-state index contributed by atoms with van der Waals surface area (Å²) in [6.45, 7) is 3.66. The lowest BCUT2D eigenvalue weighted by Crippen LogP contribution is -2.27. The smallest absolute Gasteiger partial charge is 0.223 e. The van der Waals surface area contributed by atoms with Crippen molar-refractivity contribution in [2.75, 3.05) is 18.4 Å². The van der Waals surface area contributed by atoms with E-state index in [2.05, 4.69) is 40.9 Å². The average molecular weight is 363 g/mol. The Morgan fingerprint density at radius 3 is 3.00 bits per heavy atom. The topological polar surface area (TPSA) is 71.3 Å². The summed E-state index contributed by atoms with van der Waals surface area (Å²) in [5.41, 5.74) is 5.53. The summed E-state index contributed by atoms with van der Waals surface area (Å²) in [4.78, 5) is 16.6. The molecule has 140 valence electrons. The molecule has 2 N–H and O–H groups in total. The molecule has 1 saturated carbocycles. The fourth-order valence-corrected chi connectivity index (χ4v) is 3.42. The van der Waals surface area contributed by atoms with Crippen LogP contribution in [-0.2, 0) is 4.79 Å². The van der Waals surface area contributed by atoms with Gasteiger partial charge in [0.2, 0.25) is 5.91 Å². The molecule has 4 rings (SSSR count). The molecule has 27 heavy (non-hydrogen) atoms. The van der Waals surface area contributed by atoms with Gasteiger partial charge in [0.25, 0.3) is 0 Å². The molecule has 0 unspecified atom stereocenters. The zero-order chi connectivity index (χ0) is 18.8. The monoisotopic (exact) mass is 363 g/mol. The van der Waals surface area contributed by atoms with Gasteiger partial charge in [-0.2, -0.15) is 9.61 Å². The minimum atomic E-state index is 0.206. The van der Waals surface area contributed by atoms with Crippen molar-refractivity contribution in [3.05, 3.63) is 35.7 Å². The maximum absolute atomic E-state index is 11.7. The molecule has 2 aromatic rings. The van der Waals surface area contributed by atoms with E-state index >= 15 is 0 Å². The highest BCUT2D eigenvalue weighted by Gasteiger charge is 2.28. The molecular formula is C20H26BN5O. The van der Waals surface area contributed by atoms with Crippen LogP contribution in [0.1, 0.15) is 44.7 Å². The maximum Gasteiger partial charge on any atom is 0.223 e. The summed E-state index contributed by atoms with van der Waals surface area (Å²) in [7, 11) is 2.04. The van der Waals surface area contributed by atoms with E-state index in [0.717, 1.165) is 61.3 Å². The van der Waals surface area contributed by atoms with Gasteiger partial charge in [0.1, 0.15) is 13.7 Å². The van der Waals surface area contributed by atoms with Crippen LogP contribution in [0.3, 0.4) is 0 Å². The second-order valence-corrected chi connectivity index (χ2v) is 7.57. The Kier molecular flexibility index (Phi) is 5.01. The third kappa shape index (κ3) is 3.92. The molecule has 0 aromatic carbocycles. The van der Waals surface area contributed by atoms with Crippen molar-refractivity contribution in [1.82, 2.24) is 19.9 Å². The molecule has 0 bridgehead atoms. The number of amides is 1. The largest absolute Gasteiger partial charge is 0.370 e. The van der Waals surface area contributed by atoms with Crippen LogP contribution in [0.25, 0.3) is 11.2 Å². The first-order valence-electron chi connectivity index (χ1n) is 9.87. The van der Waals surface area contributed by atoms with Crippen LogP contribution < -0.4 is 16.1 Å². The van der Waals surface area contributed by atoms with Crippen LogP contribution in [0.15, 0.2) is 30.0 Å². The van der Waals surface area contributed by atoms with E-state index < -0.39 is 0 Å². The van der Waals surface area contributed by atoms with Crippen molar-refractivity contribution in [3.63, 3.8) is 0 Å². The number of rotatable bonds is 7. The molecule has 1 amide bonds. The molecule has 1 fully saturated rings. The molecule has 2 aromatic heterocycles. The molecule has 2 aliphatic carbocycles. The molecule has 6 nitrogen and oxygen atoms in total. The van der Waals surface area contributed by atoms with E-state index in [1.807, 2.05) is 18.6 Å². The lowest BCUT2D eigenvalue weighted by Gasteiger charge is -2.15. The van der Waals surface area contributed by atoms with Crippen molar-refractivity contribution < 1.29 is 4.79 Å². The quantitative estimate of drug-likeness (QED) is 0.577. The first kappa shape index (κ1) is 17.8. The van der Waals surface area contributed by atoms with Crippen molar-refractivity contribution in [1.29, 1.82) is 0 Å². The Morgan fingerprint density at radius 1 is 1.37 bits per heavy atom. The van der Waals surface area contributed by atoms with Crippen molar-refractivity contribution in [2.45, 2.75) is 39.0 Å². The van der Waals surface area contributed by atoms with Crippen LogP contribution in [0, 0.1) is 5.92 Å². The standard InChI is InChI=1S/C20H26BN5O/c1-13-5-2-3-6-15(13)17-11-18(26-19(25-17)16(21)12-24-26)22-9-4-10-23-20(27)14-7-8-14/h3,6,11-12,14,22H,2,4-5,7-10,21H2,1H3,(H,23,27). The maximum atomic E-state index is 11.7. The molecular weight excluding hydrogens is 337 g/mol. The molecule has 2 heterocycles. The molecule has 0 aliphatic heterocycles. The second-order valence-electron chi connectivity index (χ2n) is 7.57.